The highest BCUT2D eigenvalue weighted by Crippen LogP contribution is 2.23. The van der Waals surface area contributed by atoms with Crippen LogP contribution < -0.4 is 5.32 Å². The summed E-state index contributed by atoms with van der Waals surface area (Å²) in [6, 6.07) is 10.1. The fourth-order valence-electron chi connectivity index (χ4n) is 3.30. The van der Waals surface area contributed by atoms with Crippen LogP contribution in [0.1, 0.15) is 29.8 Å². The Balaban J connectivity index is 0.00000320. The smallest absolute Gasteiger partial charge is 0.254 e. The van der Waals surface area contributed by atoms with E-state index in [1.165, 1.54) is 4.90 Å². The molecule has 0 bridgehead atoms. The van der Waals surface area contributed by atoms with Gasteiger partial charge in [-0.3, -0.25) is 14.5 Å². The summed E-state index contributed by atoms with van der Waals surface area (Å²) in [6.45, 7) is 8.98. The van der Waals surface area contributed by atoms with Crippen LogP contribution in [0.3, 0.4) is 0 Å². The number of benzene rings is 1. The molecule has 1 fully saturated rings. The summed E-state index contributed by atoms with van der Waals surface area (Å²) in [5.41, 5.74) is 1.82. The molecular weight excluding hydrogens is 438 g/mol. The number of carbonyl (C=O) groups is 2. The Labute approximate surface area is 193 Å². The zero-order valence-corrected chi connectivity index (χ0v) is 20.0. The molecule has 8 heteroatoms. The fourth-order valence-corrected chi connectivity index (χ4v) is 4.77. The minimum atomic E-state index is 0. The SMILES string of the molecule is CC(C)Sc1ccc(CC(=O)NCCN2CCN(C(=O)c3ccsc3)CC2)cc1.Cl. The third-order valence-corrected chi connectivity index (χ3v) is 6.54. The lowest BCUT2D eigenvalue weighted by atomic mass is 10.1. The number of hydrogen-bond acceptors (Lipinski definition) is 5. The highest BCUT2D eigenvalue weighted by molar-refractivity contribution is 7.99. The molecule has 0 radical (unpaired) electrons. The third kappa shape index (κ3) is 7.61. The highest BCUT2D eigenvalue weighted by atomic mass is 35.5. The van der Waals surface area contributed by atoms with Gasteiger partial charge in [0.2, 0.25) is 5.91 Å². The lowest BCUT2D eigenvalue weighted by Crippen LogP contribution is -2.50. The Morgan fingerprint density at radius 2 is 1.80 bits per heavy atom. The number of hydrogen-bond donors (Lipinski definition) is 1. The van der Waals surface area contributed by atoms with E-state index in [0.29, 0.717) is 18.2 Å². The first-order valence-electron chi connectivity index (χ1n) is 10.1. The molecule has 0 aliphatic carbocycles. The van der Waals surface area contributed by atoms with Crippen LogP contribution in [0, 0.1) is 0 Å². The van der Waals surface area contributed by atoms with Crippen molar-refractivity contribution in [3.8, 4) is 0 Å². The minimum absolute atomic E-state index is 0. The van der Waals surface area contributed by atoms with Gasteiger partial charge in [0.25, 0.3) is 5.91 Å². The second-order valence-electron chi connectivity index (χ2n) is 7.48. The largest absolute Gasteiger partial charge is 0.355 e. The van der Waals surface area contributed by atoms with E-state index in [2.05, 4.69) is 36.2 Å². The van der Waals surface area contributed by atoms with Gasteiger partial charge in [-0.2, -0.15) is 11.3 Å². The number of nitrogens with zero attached hydrogens (tertiary/aromatic N) is 2. The van der Waals surface area contributed by atoms with Gasteiger partial charge in [-0.25, -0.2) is 0 Å². The Morgan fingerprint density at radius 1 is 1.10 bits per heavy atom. The molecule has 164 valence electrons. The second-order valence-corrected chi connectivity index (χ2v) is 9.91. The summed E-state index contributed by atoms with van der Waals surface area (Å²) in [7, 11) is 0. The van der Waals surface area contributed by atoms with Crippen molar-refractivity contribution in [2.45, 2.75) is 30.4 Å². The average Bonchev–Trinajstić information content (AvgIpc) is 3.24. The van der Waals surface area contributed by atoms with Crippen LogP contribution in [0.25, 0.3) is 0 Å². The van der Waals surface area contributed by atoms with Crippen molar-refractivity contribution in [2.75, 3.05) is 39.3 Å². The van der Waals surface area contributed by atoms with Crippen molar-refractivity contribution >= 4 is 47.3 Å². The summed E-state index contributed by atoms with van der Waals surface area (Å²) in [5.74, 6) is 0.178. The molecule has 1 aromatic carbocycles. The maximum Gasteiger partial charge on any atom is 0.254 e. The Hall–Kier alpha value is -1.54. The summed E-state index contributed by atoms with van der Waals surface area (Å²) in [5, 5.41) is 7.41. The summed E-state index contributed by atoms with van der Waals surface area (Å²) in [6.07, 6.45) is 0.412. The Kier molecular flexibility index (Phi) is 10.2. The van der Waals surface area contributed by atoms with Crippen LogP contribution in [-0.4, -0.2) is 66.1 Å². The summed E-state index contributed by atoms with van der Waals surface area (Å²) in [4.78, 5) is 30.0. The number of carbonyl (C=O) groups excluding carboxylic acids is 2. The van der Waals surface area contributed by atoms with Crippen LogP contribution in [0.4, 0.5) is 0 Å². The van der Waals surface area contributed by atoms with Gasteiger partial charge in [-0.1, -0.05) is 26.0 Å². The maximum atomic E-state index is 12.4. The molecule has 1 aliphatic rings. The van der Waals surface area contributed by atoms with Crippen LogP contribution in [0.2, 0.25) is 0 Å². The number of thiophene rings is 1. The predicted molar refractivity (Wildman–Crippen MR) is 128 cm³/mol. The van der Waals surface area contributed by atoms with Crippen molar-refractivity contribution in [2.24, 2.45) is 0 Å². The predicted octanol–water partition coefficient (Wildman–Crippen LogP) is 3.79. The number of nitrogens with one attached hydrogen (secondary N) is 1. The fraction of sp³-hybridized carbons (Fsp3) is 0.455. The molecule has 1 aromatic heterocycles. The quantitative estimate of drug-likeness (QED) is 0.600. The number of thioether (sulfide) groups is 1. The molecule has 1 aliphatic heterocycles. The third-order valence-electron chi connectivity index (χ3n) is 4.84. The first kappa shape index (κ1) is 24.7. The van der Waals surface area contributed by atoms with Crippen molar-refractivity contribution in [1.29, 1.82) is 0 Å². The van der Waals surface area contributed by atoms with Crippen LogP contribution >= 0.6 is 35.5 Å². The Bertz CT molecular complexity index is 789. The zero-order chi connectivity index (χ0) is 20.6. The van der Waals surface area contributed by atoms with E-state index in [4.69, 9.17) is 0 Å². The first-order chi connectivity index (χ1) is 14.0. The zero-order valence-electron chi connectivity index (χ0n) is 17.5. The highest BCUT2D eigenvalue weighted by Gasteiger charge is 2.22. The van der Waals surface area contributed by atoms with E-state index < -0.39 is 0 Å². The first-order valence-corrected chi connectivity index (χ1v) is 11.9. The molecule has 30 heavy (non-hydrogen) atoms. The Morgan fingerprint density at radius 3 is 2.40 bits per heavy atom. The molecule has 2 aromatic rings. The molecule has 2 heterocycles. The van der Waals surface area contributed by atoms with E-state index in [-0.39, 0.29) is 24.2 Å². The summed E-state index contributed by atoms with van der Waals surface area (Å²) < 4.78 is 0. The molecular formula is C22H30ClN3O2S2. The number of piperazine rings is 1. The monoisotopic (exact) mass is 467 g/mol. The van der Waals surface area contributed by atoms with Gasteiger partial charge in [0, 0.05) is 54.8 Å². The molecule has 2 amide bonds. The van der Waals surface area contributed by atoms with Crippen molar-refractivity contribution in [3.05, 3.63) is 52.2 Å². The van der Waals surface area contributed by atoms with Gasteiger partial charge < -0.3 is 10.2 Å². The van der Waals surface area contributed by atoms with Crippen molar-refractivity contribution < 1.29 is 9.59 Å². The summed E-state index contributed by atoms with van der Waals surface area (Å²) >= 11 is 3.38. The van der Waals surface area contributed by atoms with Crippen LogP contribution in [0.15, 0.2) is 46.0 Å². The molecule has 1 saturated heterocycles. The van der Waals surface area contributed by atoms with Crippen LogP contribution in [-0.2, 0) is 11.2 Å². The van der Waals surface area contributed by atoms with E-state index in [1.807, 2.05) is 45.6 Å². The molecule has 3 rings (SSSR count). The molecule has 1 N–H and O–H groups in total. The topological polar surface area (TPSA) is 52.7 Å². The lowest BCUT2D eigenvalue weighted by Gasteiger charge is -2.34. The number of amides is 2. The second kappa shape index (κ2) is 12.3. The van der Waals surface area contributed by atoms with E-state index in [1.54, 1.807) is 11.3 Å². The lowest BCUT2D eigenvalue weighted by molar-refractivity contribution is -0.120. The van der Waals surface area contributed by atoms with Gasteiger partial charge in [0.15, 0.2) is 0 Å². The van der Waals surface area contributed by atoms with Gasteiger partial charge in [0.05, 0.1) is 12.0 Å². The van der Waals surface area contributed by atoms with Gasteiger partial charge in [-0.15, -0.1) is 24.2 Å². The minimum Gasteiger partial charge on any atom is -0.355 e. The maximum absolute atomic E-state index is 12.4. The standard InChI is InChI=1S/C22H29N3O2S2.ClH/c1-17(2)29-20-5-3-18(4-6-20)15-21(26)23-8-9-24-10-12-25(13-11-24)22(27)19-7-14-28-16-19;/h3-7,14,16-17H,8-13,15H2,1-2H3,(H,23,26);1H. The molecule has 0 spiro atoms. The molecule has 0 saturated carbocycles. The molecule has 0 atom stereocenters. The normalized spacial score (nSPS) is 14.4. The van der Waals surface area contributed by atoms with E-state index in [0.717, 1.165) is 43.9 Å². The molecule has 0 unspecified atom stereocenters. The van der Waals surface area contributed by atoms with Crippen molar-refractivity contribution in [1.82, 2.24) is 15.1 Å². The van der Waals surface area contributed by atoms with Crippen LogP contribution in [0.5, 0.6) is 0 Å². The van der Waals surface area contributed by atoms with Gasteiger partial charge in [0.1, 0.15) is 0 Å². The number of halogens is 1. The van der Waals surface area contributed by atoms with Gasteiger partial charge >= 0.3 is 0 Å². The average molecular weight is 468 g/mol. The van der Waals surface area contributed by atoms with E-state index >= 15 is 0 Å². The van der Waals surface area contributed by atoms with E-state index in [9.17, 15) is 9.59 Å². The molecule has 5 nitrogen and oxygen atoms in total. The van der Waals surface area contributed by atoms with Crippen molar-refractivity contribution in [3.63, 3.8) is 0 Å². The number of rotatable bonds is 8. The van der Waals surface area contributed by atoms with Gasteiger partial charge in [-0.05, 0) is 29.1 Å².